The molecule has 152 valence electrons. The molecule has 0 aliphatic carbocycles. The van der Waals surface area contributed by atoms with Crippen LogP contribution < -0.4 is 9.47 Å². The van der Waals surface area contributed by atoms with Crippen molar-refractivity contribution in [2.75, 3.05) is 6.61 Å². The van der Waals surface area contributed by atoms with Crippen LogP contribution in [0.1, 0.15) is 32.8 Å². The first-order chi connectivity index (χ1) is 13.2. The number of hydrogen-bond acceptors (Lipinski definition) is 6. The smallest absolute Gasteiger partial charge is 0.417 e. The molecule has 9 heteroatoms. The Balaban J connectivity index is 2.03. The normalized spacial score (nSPS) is 13.5. The molecule has 2 rings (SSSR count). The lowest BCUT2D eigenvalue weighted by atomic mass is 10.0. The van der Waals surface area contributed by atoms with Crippen molar-refractivity contribution in [2.45, 2.75) is 39.0 Å². The van der Waals surface area contributed by atoms with Gasteiger partial charge in [-0.3, -0.25) is 4.89 Å². The summed E-state index contributed by atoms with van der Waals surface area (Å²) in [7, 11) is 0. The molecule has 0 aliphatic heterocycles. The van der Waals surface area contributed by atoms with Gasteiger partial charge < -0.3 is 9.47 Å². The average Bonchev–Trinajstić information content (AvgIpc) is 2.67. The third kappa shape index (κ3) is 5.59. The Kier molecular flexibility index (Phi) is 6.85. The molecule has 1 heterocycles. The van der Waals surface area contributed by atoms with Gasteiger partial charge in [0.05, 0.1) is 12.2 Å². The van der Waals surface area contributed by atoms with E-state index in [4.69, 9.17) is 9.47 Å². The van der Waals surface area contributed by atoms with Crippen LogP contribution in [0.2, 0.25) is 0 Å². The fraction of sp³-hybridized carbons (Fsp3) is 0.368. The average molecular weight is 399 g/mol. The second-order valence-electron chi connectivity index (χ2n) is 5.92. The molecular formula is C19H20F3NO5. The van der Waals surface area contributed by atoms with Crippen LogP contribution in [0.5, 0.6) is 17.4 Å². The third-order valence-electron chi connectivity index (χ3n) is 3.81. The summed E-state index contributed by atoms with van der Waals surface area (Å²) in [6, 6.07) is 8.21. The second kappa shape index (κ2) is 8.92. The summed E-state index contributed by atoms with van der Waals surface area (Å²) in [5.74, 6) is 0.0757. The zero-order valence-corrected chi connectivity index (χ0v) is 15.6. The molecule has 0 saturated heterocycles. The van der Waals surface area contributed by atoms with Crippen LogP contribution in [0.4, 0.5) is 13.2 Å². The number of nitrogens with zero attached hydrogens (tertiary/aromatic N) is 1. The van der Waals surface area contributed by atoms with Crippen molar-refractivity contribution >= 4 is 5.97 Å². The molecule has 0 saturated carbocycles. The largest absolute Gasteiger partial charge is 0.476 e. The summed E-state index contributed by atoms with van der Waals surface area (Å²) in [4.78, 5) is 25.1. The highest BCUT2D eigenvalue weighted by Crippen LogP contribution is 2.31. The Morgan fingerprint density at radius 3 is 2.18 bits per heavy atom. The predicted molar refractivity (Wildman–Crippen MR) is 92.8 cm³/mol. The van der Waals surface area contributed by atoms with Gasteiger partial charge in [0.1, 0.15) is 11.5 Å². The van der Waals surface area contributed by atoms with Gasteiger partial charge >= 0.3 is 12.1 Å². The van der Waals surface area contributed by atoms with Gasteiger partial charge in [-0.2, -0.15) is 18.1 Å². The number of alkyl halides is 3. The van der Waals surface area contributed by atoms with Gasteiger partial charge in [0.25, 0.3) is 0 Å². The van der Waals surface area contributed by atoms with Crippen molar-refractivity contribution in [3.05, 3.63) is 48.2 Å². The van der Waals surface area contributed by atoms with E-state index >= 15 is 0 Å². The number of carbonyl (C=O) groups excluding carboxylic acids is 1. The van der Waals surface area contributed by atoms with Gasteiger partial charge in [-0.1, -0.05) is 6.92 Å². The molecule has 0 aliphatic rings. The highest BCUT2D eigenvalue weighted by atomic mass is 19.4. The van der Waals surface area contributed by atoms with E-state index in [0.29, 0.717) is 24.1 Å². The van der Waals surface area contributed by atoms with E-state index in [1.165, 1.54) is 0 Å². The minimum Gasteiger partial charge on any atom is -0.476 e. The van der Waals surface area contributed by atoms with Crippen LogP contribution in [0, 0.1) is 0 Å². The molecule has 2 aromatic rings. The summed E-state index contributed by atoms with van der Waals surface area (Å²) in [6.45, 7) is 5.24. The van der Waals surface area contributed by atoms with E-state index in [1.54, 1.807) is 45.0 Å². The molecule has 1 aromatic carbocycles. The van der Waals surface area contributed by atoms with Crippen LogP contribution in [-0.4, -0.2) is 23.2 Å². The zero-order valence-electron chi connectivity index (χ0n) is 15.6. The lowest BCUT2D eigenvalue weighted by Crippen LogP contribution is -2.42. The predicted octanol–water partition coefficient (Wildman–Crippen LogP) is 4.93. The number of rotatable bonds is 8. The molecule has 28 heavy (non-hydrogen) atoms. The highest BCUT2D eigenvalue weighted by molar-refractivity contribution is 5.79. The Morgan fingerprint density at radius 1 is 1.04 bits per heavy atom. The summed E-state index contributed by atoms with van der Waals surface area (Å²) < 4.78 is 48.8. The van der Waals surface area contributed by atoms with Gasteiger partial charge in [0.2, 0.25) is 11.5 Å². The first kappa shape index (κ1) is 21.5. The van der Waals surface area contributed by atoms with Crippen molar-refractivity contribution in [1.82, 2.24) is 4.98 Å². The Labute approximate surface area is 160 Å². The van der Waals surface area contributed by atoms with E-state index in [2.05, 4.69) is 14.8 Å². The van der Waals surface area contributed by atoms with Gasteiger partial charge in [0, 0.05) is 12.3 Å². The maximum absolute atomic E-state index is 12.5. The number of halogens is 3. The maximum Gasteiger partial charge on any atom is 0.417 e. The van der Waals surface area contributed by atoms with Crippen LogP contribution in [-0.2, 0) is 20.7 Å². The maximum atomic E-state index is 12.5. The summed E-state index contributed by atoms with van der Waals surface area (Å²) in [5, 5.41) is 0. The molecule has 1 aromatic heterocycles. The van der Waals surface area contributed by atoms with Gasteiger partial charge in [0.15, 0.2) is 0 Å². The Morgan fingerprint density at radius 2 is 1.68 bits per heavy atom. The number of aromatic nitrogens is 1. The van der Waals surface area contributed by atoms with E-state index in [1.807, 2.05) is 0 Å². The monoisotopic (exact) mass is 399 g/mol. The van der Waals surface area contributed by atoms with Crippen molar-refractivity contribution in [3.63, 3.8) is 0 Å². The van der Waals surface area contributed by atoms with Crippen molar-refractivity contribution < 1.29 is 37.2 Å². The fourth-order valence-corrected chi connectivity index (χ4v) is 2.02. The lowest BCUT2D eigenvalue weighted by molar-refractivity contribution is -0.280. The van der Waals surface area contributed by atoms with Crippen LogP contribution in [0.3, 0.4) is 0 Å². The van der Waals surface area contributed by atoms with Crippen molar-refractivity contribution in [1.29, 1.82) is 0 Å². The van der Waals surface area contributed by atoms with Crippen LogP contribution in [0.25, 0.3) is 0 Å². The van der Waals surface area contributed by atoms with Crippen molar-refractivity contribution in [2.24, 2.45) is 0 Å². The number of ether oxygens (including phenoxy) is 2. The molecule has 0 radical (unpaired) electrons. The molecule has 1 atom stereocenters. The Bertz CT molecular complexity index is 778. The molecule has 6 nitrogen and oxygen atoms in total. The molecule has 0 bridgehead atoms. The Hall–Kier alpha value is -2.81. The minimum absolute atomic E-state index is 0.0142. The third-order valence-corrected chi connectivity index (χ3v) is 3.81. The number of benzene rings is 1. The summed E-state index contributed by atoms with van der Waals surface area (Å²) in [5.41, 5.74) is -2.10. The van der Waals surface area contributed by atoms with E-state index < -0.39 is 23.3 Å². The number of pyridine rings is 1. The standard InChI is InChI=1S/C19H20F3NO5/c1-4-18(3,17(24)28-25-5-2)27-15-9-7-14(8-10-15)26-16-11-6-13(12-23-16)19(20,21)22/h6-12H,4-5H2,1-3H3. The molecule has 0 N–H and O–H groups in total. The topological polar surface area (TPSA) is 66.9 Å². The van der Waals surface area contributed by atoms with Gasteiger partial charge in [-0.15, -0.1) is 0 Å². The SMILES string of the molecule is CCOOC(=O)C(C)(CC)Oc1ccc(Oc2ccc(C(F)(F)F)cn2)cc1. The highest BCUT2D eigenvalue weighted by Gasteiger charge is 2.37. The number of carbonyl (C=O) groups is 1. The zero-order chi connectivity index (χ0) is 20.8. The molecule has 0 fully saturated rings. The molecular weight excluding hydrogens is 379 g/mol. The molecule has 0 spiro atoms. The first-order valence-corrected chi connectivity index (χ1v) is 8.52. The second-order valence-corrected chi connectivity index (χ2v) is 5.92. The van der Waals surface area contributed by atoms with Gasteiger partial charge in [-0.25, -0.2) is 9.78 Å². The van der Waals surface area contributed by atoms with Crippen LogP contribution in [0.15, 0.2) is 42.6 Å². The minimum atomic E-state index is -4.46. The number of hydrogen-bond donors (Lipinski definition) is 0. The van der Waals surface area contributed by atoms with Crippen molar-refractivity contribution in [3.8, 4) is 17.4 Å². The molecule has 0 amide bonds. The van der Waals surface area contributed by atoms with Gasteiger partial charge in [-0.05, 0) is 50.6 Å². The van der Waals surface area contributed by atoms with E-state index in [0.717, 1.165) is 12.1 Å². The first-order valence-electron chi connectivity index (χ1n) is 8.52. The lowest BCUT2D eigenvalue weighted by Gasteiger charge is -2.26. The quantitative estimate of drug-likeness (QED) is 0.463. The summed E-state index contributed by atoms with van der Waals surface area (Å²) >= 11 is 0. The summed E-state index contributed by atoms with van der Waals surface area (Å²) in [6.07, 6.45) is -3.42. The molecule has 1 unspecified atom stereocenters. The van der Waals surface area contributed by atoms with E-state index in [-0.39, 0.29) is 12.5 Å². The fourth-order valence-electron chi connectivity index (χ4n) is 2.02. The van der Waals surface area contributed by atoms with Crippen LogP contribution >= 0.6 is 0 Å². The van der Waals surface area contributed by atoms with E-state index in [9.17, 15) is 18.0 Å².